The van der Waals surface area contributed by atoms with Gasteiger partial charge in [0, 0.05) is 32.6 Å². The van der Waals surface area contributed by atoms with E-state index in [9.17, 15) is 4.79 Å². The van der Waals surface area contributed by atoms with Crippen LogP contribution >= 0.6 is 0 Å². The van der Waals surface area contributed by atoms with Crippen molar-refractivity contribution in [3.05, 3.63) is 17.8 Å². The van der Waals surface area contributed by atoms with E-state index in [1.54, 1.807) is 0 Å². The third-order valence-corrected chi connectivity index (χ3v) is 3.34. The zero-order valence-corrected chi connectivity index (χ0v) is 9.82. The second kappa shape index (κ2) is 4.49. The highest BCUT2D eigenvalue weighted by Gasteiger charge is 2.26. The van der Waals surface area contributed by atoms with Crippen molar-refractivity contribution >= 4 is 5.91 Å². The first-order valence-corrected chi connectivity index (χ1v) is 6.27. The van der Waals surface area contributed by atoms with Gasteiger partial charge in [-0.3, -0.25) is 4.79 Å². The van der Waals surface area contributed by atoms with E-state index in [1.807, 2.05) is 4.90 Å². The van der Waals surface area contributed by atoms with Crippen LogP contribution in [0.15, 0.2) is 10.7 Å². The maximum absolute atomic E-state index is 12.1. The third-order valence-electron chi connectivity index (χ3n) is 3.34. The number of nitrogens with one attached hydrogen (secondary N) is 1. The minimum absolute atomic E-state index is 0.00250. The van der Waals surface area contributed by atoms with E-state index in [4.69, 9.17) is 4.42 Å². The molecule has 1 aliphatic heterocycles. The quantitative estimate of drug-likeness (QED) is 0.836. The lowest BCUT2D eigenvalue weighted by Crippen LogP contribution is -2.46. The van der Waals surface area contributed by atoms with Crippen molar-refractivity contribution in [1.29, 1.82) is 0 Å². The summed E-state index contributed by atoms with van der Waals surface area (Å²) in [6, 6.07) is 0. The molecule has 1 saturated heterocycles. The molecule has 1 N–H and O–H groups in total. The topological polar surface area (TPSA) is 58.4 Å². The van der Waals surface area contributed by atoms with Crippen LogP contribution < -0.4 is 5.32 Å². The van der Waals surface area contributed by atoms with Crippen molar-refractivity contribution < 1.29 is 9.21 Å². The Balaban J connectivity index is 1.65. The Kier molecular flexibility index (Phi) is 2.84. The minimum Gasteiger partial charge on any atom is -0.448 e. The molecule has 1 amide bonds. The van der Waals surface area contributed by atoms with Gasteiger partial charge in [0.1, 0.15) is 6.26 Å². The molecular weight excluding hydrogens is 218 g/mol. The van der Waals surface area contributed by atoms with Gasteiger partial charge in [-0.15, -0.1) is 0 Å². The number of nitrogens with zero attached hydrogens (tertiary/aromatic N) is 2. The summed E-state index contributed by atoms with van der Waals surface area (Å²) in [6.07, 6.45) is 4.92. The molecule has 0 bridgehead atoms. The van der Waals surface area contributed by atoms with Crippen LogP contribution in [0.3, 0.4) is 0 Å². The summed E-state index contributed by atoms with van der Waals surface area (Å²) in [7, 11) is 0. The molecule has 2 aliphatic rings. The molecule has 3 rings (SSSR count). The van der Waals surface area contributed by atoms with Gasteiger partial charge in [0.25, 0.3) is 5.91 Å². The summed E-state index contributed by atoms with van der Waals surface area (Å²) in [6.45, 7) is 3.23. The van der Waals surface area contributed by atoms with Crippen LogP contribution in [-0.4, -0.2) is 42.0 Å². The molecule has 0 radical (unpaired) electrons. The van der Waals surface area contributed by atoms with Crippen molar-refractivity contribution in [3.63, 3.8) is 0 Å². The van der Waals surface area contributed by atoms with E-state index < -0.39 is 0 Å². The average molecular weight is 235 g/mol. The molecule has 1 aromatic heterocycles. The van der Waals surface area contributed by atoms with E-state index >= 15 is 0 Å². The highest BCUT2D eigenvalue weighted by molar-refractivity contribution is 5.92. The van der Waals surface area contributed by atoms with Gasteiger partial charge in [0.15, 0.2) is 11.6 Å². The van der Waals surface area contributed by atoms with Crippen LogP contribution in [0.1, 0.15) is 29.2 Å². The highest BCUT2D eigenvalue weighted by Crippen LogP contribution is 2.32. The Labute approximate surface area is 100 Å². The molecule has 5 nitrogen and oxygen atoms in total. The summed E-state index contributed by atoms with van der Waals surface area (Å²) in [5, 5.41) is 3.22. The molecule has 92 valence electrons. The Hall–Kier alpha value is -1.36. The van der Waals surface area contributed by atoms with E-state index in [-0.39, 0.29) is 5.91 Å². The van der Waals surface area contributed by atoms with Crippen LogP contribution in [0.4, 0.5) is 0 Å². The lowest BCUT2D eigenvalue weighted by molar-refractivity contribution is 0.0730. The highest BCUT2D eigenvalue weighted by atomic mass is 16.3. The summed E-state index contributed by atoms with van der Waals surface area (Å²) in [5.74, 6) is 1.44. The van der Waals surface area contributed by atoms with E-state index in [0.29, 0.717) is 11.6 Å². The number of oxazole rings is 1. The lowest BCUT2D eigenvalue weighted by atomic mass is 10.3. The number of piperazine rings is 1. The zero-order valence-electron chi connectivity index (χ0n) is 9.82. The number of carbonyl (C=O) groups is 1. The van der Waals surface area contributed by atoms with Crippen molar-refractivity contribution in [2.75, 3.05) is 26.2 Å². The van der Waals surface area contributed by atoms with Gasteiger partial charge in [-0.05, 0) is 18.8 Å². The summed E-state index contributed by atoms with van der Waals surface area (Å²) >= 11 is 0. The average Bonchev–Trinajstić information content (AvgIpc) is 3.06. The van der Waals surface area contributed by atoms with Crippen LogP contribution in [0.25, 0.3) is 0 Å². The van der Waals surface area contributed by atoms with Crippen LogP contribution in [0.2, 0.25) is 0 Å². The van der Waals surface area contributed by atoms with E-state index in [2.05, 4.69) is 10.3 Å². The molecule has 17 heavy (non-hydrogen) atoms. The normalized spacial score (nSPS) is 20.6. The van der Waals surface area contributed by atoms with Gasteiger partial charge in [-0.2, -0.15) is 0 Å². The van der Waals surface area contributed by atoms with Gasteiger partial charge in [-0.1, -0.05) is 0 Å². The Bertz CT molecular complexity index is 406. The first-order chi connectivity index (χ1) is 8.33. The van der Waals surface area contributed by atoms with Crippen LogP contribution in [0.5, 0.6) is 0 Å². The first-order valence-electron chi connectivity index (χ1n) is 6.27. The fourth-order valence-corrected chi connectivity index (χ4v) is 2.10. The molecule has 0 aromatic carbocycles. The van der Waals surface area contributed by atoms with E-state index in [1.165, 1.54) is 19.1 Å². The molecule has 5 heteroatoms. The molecule has 2 fully saturated rings. The third kappa shape index (κ3) is 2.49. The van der Waals surface area contributed by atoms with Gasteiger partial charge >= 0.3 is 0 Å². The molecular formula is C12H17N3O2. The number of amides is 1. The fourth-order valence-electron chi connectivity index (χ4n) is 2.10. The molecule has 0 atom stereocenters. The Morgan fingerprint density at radius 2 is 2.24 bits per heavy atom. The smallest absolute Gasteiger partial charge is 0.275 e. The predicted octanol–water partition coefficient (Wildman–Crippen LogP) is 0.672. The predicted molar refractivity (Wildman–Crippen MR) is 61.7 cm³/mol. The van der Waals surface area contributed by atoms with Crippen molar-refractivity contribution in [3.8, 4) is 0 Å². The number of aromatic nitrogens is 1. The number of hydrogen-bond donors (Lipinski definition) is 1. The Morgan fingerprint density at radius 3 is 2.94 bits per heavy atom. The molecule has 1 aliphatic carbocycles. The number of rotatable bonds is 3. The summed E-state index contributed by atoms with van der Waals surface area (Å²) in [5.41, 5.74) is 0.461. The first kappa shape index (κ1) is 10.8. The van der Waals surface area contributed by atoms with E-state index in [0.717, 1.165) is 38.5 Å². The van der Waals surface area contributed by atoms with Gasteiger partial charge in [0.2, 0.25) is 0 Å². The SMILES string of the molecule is O=C(c1coc(CC2CC2)n1)N1CCNCC1. The fraction of sp³-hybridized carbons (Fsp3) is 0.667. The van der Waals surface area contributed by atoms with Gasteiger partial charge in [0.05, 0.1) is 0 Å². The molecule has 1 saturated carbocycles. The molecule has 0 unspecified atom stereocenters. The molecule has 2 heterocycles. The van der Waals surface area contributed by atoms with Crippen molar-refractivity contribution in [2.24, 2.45) is 5.92 Å². The zero-order chi connectivity index (χ0) is 11.7. The standard InChI is InChI=1S/C12H17N3O2/c16-12(15-5-3-13-4-6-15)10-8-17-11(14-10)7-9-1-2-9/h8-9,13H,1-7H2. The second-order valence-corrected chi connectivity index (χ2v) is 4.82. The number of carbonyl (C=O) groups excluding carboxylic acids is 1. The number of hydrogen-bond acceptors (Lipinski definition) is 4. The largest absolute Gasteiger partial charge is 0.448 e. The second-order valence-electron chi connectivity index (χ2n) is 4.82. The maximum Gasteiger partial charge on any atom is 0.275 e. The van der Waals surface area contributed by atoms with Crippen LogP contribution in [-0.2, 0) is 6.42 Å². The van der Waals surface area contributed by atoms with Crippen molar-refractivity contribution in [2.45, 2.75) is 19.3 Å². The summed E-state index contributed by atoms with van der Waals surface area (Å²) < 4.78 is 5.35. The molecule has 0 spiro atoms. The summed E-state index contributed by atoms with van der Waals surface area (Å²) in [4.78, 5) is 18.2. The maximum atomic E-state index is 12.1. The van der Waals surface area contributed by atoms with Crippen molar-refractivity contribution in [1.82, 2.24) is 15.2 Å². The van der Waals surface area contributed by atoms with Crippen LogP contribution in [0, 0.1) is 5.92 Å². The molecule has 1 aromatic rings. The Morgan fingerprint density at radius 1 is 1.47 bits per heavy atom. The van der Waals surface area contributed by atoms with Gasteiger partial charge < -0.3 is 14.6 Å². The van der Waals surface area contributed by atoms with Gasteiger partial charge in [-0.25, -0.2) is 4.98 Å². The monoisotopic (exact) mass is 235 g/mol. The minimum atomic E-state index is -0.00250. The lowest BCUT2D eigenvalue weighted by Gasteiger charge is -2.26.